The highest BCUT2D eigenvalue weighted by molar-refractivity contribution is 9.10. The highest BCUT2D eigenvalue weighted by Crippen LogP contribution is 2.28. The Bertz CT molecular complexity index is 777. The number of hydrogen-bond acceptors (Lipinski definition) is 3. The molecule has 0 aliphatic carbocycles. The lowest BCUT2D eigenvalue weighted by molar-refractivity contribution is 0.600. The van der Waals surface area contributed by atoms with Crippen molar-refractivity contribution >= 4 is 53.3 Å². The Labute approximate surface area is 141 Å². The van der Waals surface area contributed by atoms with Crippen LogP contribution in [0.2, 0.25) is 0 Å². The number of nitrogens with one attached hydrogen (secondary N) is 1. The van der Waals surface area contributed by atoms with Gasteiger partial charge in [0, 0.05) is 14.6 Å². The molecule has 0 spiro atoms. The molecule has 2 aromatic rings. The standard InChI is InChI=1S/C14H14Br2N2O2S/c1-2-9-7-10(15)3-5-13(9)18-21(19,20)14-6-4-11(17)8-12(14)16/h3-8,18H,2,17H2,1H3. The summed E-state index contributed by atoms with van der Waals surface area (Å²) in [4.78, 5) is 0.154. The highest BCUT2D eigenvalue weighted by atomic mass is 79.9. The van der Waals surface area contributed by atoms with Crippen molar-refractivity contribution in [1.29, 1.82) is 0 Å². The van der Waals surface area contributed by atoms with E-state index in [0.29, 0.717) is 15.8 Å². The van der Waals surface area contributed by atoms with Gasteiger partial charge >= 0.3 is 0 Å². The van der Waals surface area contributed by atoms with Crippen molar-refractivity contribution < 1.29 is 8.42 Å². The third kappa shape index (κ3) is 3.78. The molecule has 0 aliphatic rings. The average molecular weight is 434 g/mol. The van der Waals surface area contributed by atoms with E-state index in [1.807, 2.05) is 13.0 Å². The first-order valence-corrected chi connectivity index (χ1v) is 9.26. The fraction of sp³-hybridized carbons (Fsp3) is 0.143. The van der Waals surface area contributed by atoms with Gasteiger partial charge in [0.25, 0.3) is 10.0 Å². The second kappa shape index (κ2) is 6.37. The molecule has 4 nitrogen and oxygen atoms in total. The number of nitrogen functional groups attached to an aromatic ring is 1. The van der Waals surface area contributed by atoms with Crippen molar-refractivity contribution in [3.05, 3.63) is 50.9 Å². The van der Waals surface area contributed by atoms with E-state index in [0.717, 1.165) is 16.5 Å². The Morgan fingerprint density at radius 2 is 1.86 bits per heavy atom. The first-order chi connectivity index (χ1) is 9.83. The summed E-state index contributed by atoms with van der Waals surface area (Å²) in [7, 11) is -3.67. The van der Waals surface area contributed by atoms with Crippen molar-refractivity contribution in [2.45, 2.75) is 18.2 Å². The largest absolute Gasteiger partial charge is 0.399 e. The molecule has 112 valence electrons. The number of halogens is 2. The topological polar surface area (TPSA) is 72.2 Å². The van der Waals surface area contributed by atoms with Crippen molar-refractivity contribution in [2.75, 3.05) is 10.5 Å². The van der Waals surface area contributed by atoms with Crippen molar-refractivity contribution in [1.82, 2.24) is 0 Å². The summed E-state index contributed by atoms with van der Waals surface area (Å²) in [5.74, 6) is 0. The lowest BCUT2D eigenvalue weighted by Crippen LogP contribution is -2.15. The van der Waals surface area contributed by atoms with Crippen LogP contribution in [0.15, 0.2) is 50.2 Å². The van der Waals surface area contributed by atoms with Crippen LogP contribution in [0.4, 0.5) is 11.4 Å². The quantitative estimate of drug-likeness (QED) is 0.711. The van der Waals surface area contributed by atoms with Gasteiger partial charge in [-0.15, -0.1) is 0 Å². The van der Waals surface area contributed by atoms with E-state index in [1.54, 1.807) is 24.3 Å². The van der Waals surface area contributed by atoms with Gasteiger partial charge in [-0.05, 0) is 64.3 Å². The fourth-order valence-corrected chi connectivity index (χ4v) is 4.49. The van der Waals surface area contributed by atoms with Crippen LogP contribution in [-0.2, 0) is 16.4 Å². The maximum Gasteiger partial charge on any atom is 0.263 e. The van der Waals surface area contributed by atoms with Crippen molar-refractivity contribution in [2.24, 2.45) is 0 Å². The van der Waals surface area contributed by atoms with E-state index in [9.17, 15) is 8.42 Å². The van der Waals surface area contributed by atoms with Gasteiger partial charge < -0.3 is 5.73 Å². The zero-order valence-corrected chi connectivity index (χ0v) is 15.2. The first kappa shape index (κ1) is 16.3. The Kier molecular flexibility index (Phi) is 4.95. The molecule has 0 saturated carbocycles. The van der Waals surface area contributed by atoms with Gasteiger partial charge in [-0.1, -0.05) is 22.9 Å². The van der Waals surface area contributed by atoms with Gasteiger partial charge in [0.2, 0.25) is 0 Å². The Hall–Kier alpha value is -1.05. The van der Waals surface area contributed by atoms with E-state index < -0.39 is 10.0 Å². The maximum atomic E-state index is 12.5. The Morgan fingerprint density at radius 3 is 2.48 bits per heavy atom. The van der Waals surface area contributed by atoms with E-state index in [1.165, 1.54) is 6.07 Å². The number of nitrogens with two attached hydrogens (primary N) is 1. The first-order valence-electron chi connectivity index (χ1n) is 6.19. The summed E-state index contributed by atoms with van der Waals surface area (Å²) in [5, 5.41) is 0. The molecule has 0 amide bonds. The monoisotopic (exact) mass is 432 g/mol. The van der Waals surface area contributed by atoms with E-state index in [-0.39, 0.29) is 4.90 Å². The number of hydrogen-bond donors (Lipinski definition) is 2. The predicted octanol–water partition coefficient (Wildman–Crippen LogP) is 4.16. The molecule has 21 heavy (non-hydrogen) atoms. The van der Waals surface area contributed by atoms with Crippen LogP contribution >= 0.6 is 31.9 Å². The molecule has 0 heterocycles. The molecule has 0 atom stereocenters. The van der Waals surface area contributed by atoms with E-state index in [2.05, 4.69) is 36.6 Å². The molecule has 0 aliphatic heterocycles. The molecule has 0 fully saturated rings. The third-order valence-electron chi connectivity index (χ3n) is 2.94. The Balaban J connectivity index is 2.42. The van der Waals surface area contributed by atoms with Crippen LogP contribution < -0.4 is 10.5 Å². The second-order valence-corrected chi connectivity index (χ2v) is 7.87. The van der Waals surface area contributed by atoms with E-state index in [4.69, 9.17) is 5.73 Å². The van der Waals surface area contributed by atoms with Gasteiger partial charge in [0.15, 0.2) is 0 Å². The summed E-state index contributed by atoms with van der Waals surface area (Å²) < 4.78 is 29.0. The lowest BCUT2D eigenvalue weighted by atomic mass is 10.1. The zero-order chi connectivity index (χ0) is 15.6. The third-order valence-corrected chi connectivity index (χ3v) is 5.77. The second-order valence-electron chi connectivity index (χ2n) is 4.45. The minimum Gasteiger partial charge on any atom is -0.399 e. The minimum absolute atomic E-state index is 0.154. The molecule has 7 heteroatoms. The van der Waals surface area contributed by atoms with Gasteiger partial charge in [0.1, 0.15) is 4.90 Å². The molecule has 0 bridgehead atoms. The fourth-order valence-electron chi connectivity index (χ4n) is 1.89. The molecule has 3 N–H and O–H groups in total. The summed E-state index contributed by atoms with van der Waals surface area (Å²) in [5.41, 5.74) is 7.62. The summed E-state index contributed by atoms with van der Waals surface area (Å²) in [6.07, 6.45) is 0.722. The maximum absolute atomic E-state index is 12.5. The molecule has 0 aromatic heterocycles. The smallest absolute Gasteiger partial charge is 0.263 e. The van der Waals surface area contributed by atoms with Crippen molar-refractivity contribution in [3.8, 4) is 0 Å². The molecular formula is C14H14Br2N2O2S. The van der Waals surface area contributed by atoms with Crippen LogP contribution in [0.5, 0.6) is 0 Å². The lowest BCUT2D eigenvalue weighted by Gasteiger charge is -2.13. The molecule has 0 radical (unpaired) electrons. The number of benzene rings is 2. The molecule has 2 rings (SSSR count). The molecular weight excluding hydrogens is 420 g/mol. The number of sulfonamides is 1. The molecule has 2 aromatic carbocycles. The van der Waals surface area contributed by atoms with Crippen LogP contribution in [0, 0.1) is 0 Å². The Morgan fingerprint density at radius 1 is 1.14 bits per heavy atom. The van der Waals surface area contributed by atoms with Gasteiger partial charge in [-0.2, -0.15) is 0 Å². The normalized spacial score (nSPS) is 11.4. The highest BCUT2D eigenvalue weighted by Gasteiger charge is 2.19. The van der Waals surface area contributed by atoms with Crippen molar-refractivity contribution in [3.63, 3.8) is 0 Å². The van der Waals surface area contributed by atoms with E-state index >= 15 is 0 Å². The molecule has 0 saturated heterocycles. The predicted molar refractivity (Wildman–Crippen MR) is 92.9 cm³/mol. The van der Waals surface area contributed by atoms with Gasteiger partial charge in [0.05, 0.1) is 5.69 Å². The number of rotatable bonds is 4. The van der Waals surface area contributed by atoms with Crippen LogP contribution in [-0.4, -0.2) is 8.42 Å². The average Bonchev–Trinajstić information content (AvgIpc) is 2.40. The van der Waals surface area contributed by atoms with Crippen LogP contribution in [0.3, 0.4) is 0 Å². The summed E-state index contributed by atoms with van der Waals surface area (Å²) >= 11 is 6.62. The van der Waals surface area contributed by atoms with Gasteiger partial charge in [-0.25, -0.2) is 8.42 Å². The van der Waals surface area contributed by atoms with Crippen LogP contribution in [0.1, 0.15) is 12.5 Å². The number of aryl methyl sites for hydroxylation is 1. The summed E-state index contributed by atoms with van der Waals surface area (Å²) in [6, 6.07) is 10.0. The minimum atomic E-state index is -3.67. The van der Waals surface area contributed by atoms with Gasteiger partial charge in [-0.3, -0.25) is 4.72 Å². The van der Waals surface area contributed by atoms with Crippen LogP contribution in [0.25, 0.3) is 0 Å². The zero-order valence-electron chi connectivity index (χ0n) is 11.2. The SMILES string of the molecule is CCc1cc(Br)ccc1NS(=O)(=O)c1ccc(N)cc1Br. The summed E-state index contributed by atoms with van der Waals surface area (Å²) in [6.45, 7) is 1.97. The number of anilines is 2. The molecule has 0 unspecified atom stereocenters.